The summed E-state index contributed by atoms with van der Waals surface area (Å²) in [6.45, 7) is 7.61. The van der Waals surface area contributed by atoms with E-state index in [0.717, 1.165) is 0 Å². The lowest BCUT2D eigenvalue weighted by Crippen LogP contribution is -2.63. The van der Waals surface area contributed by atoms with Crippen LogP contribution >= 0.6 is 0 Å². The lowest BCUT2D eigenvalue weighted by Gasteiger charge is -2.45. The predicted molar refractivity (Wildman–Crippen MR) is 131 cm³/mol. The third kappa shape index (κ3) is 4.10. The molecule has 9 heteroatoms. The fourth-order valence-corrected chi connectivity index (χ4v) is 4.86. The molecule has 2 aromatic carbocycles. The molecule has 2 aromatic rings. The number of piperazine rings is 1. The highest BCUT2D eigenvalue weighted by molar-refractivity contribution is 6.15. The van der Waals surface area contributed by atoms with E-state index in [1.165, 1.54) is 0 Å². The Morgan fingerprint density at radius 2 is 1.66 bits per heavy atom. The van der Waals surface area contributed by atoms with E-state index in [4.69, 9.17) is 9.47 Å². The molecular weight excluding hydrogens is 448 g/mol. The summed E-state index contributed by atoms with van der Waals surface area (Å²) in [5.41, 5.74) is 0.299. The van der Waals surface area contributed by atoms with E-state index in [1.807, 2.05) is 43.3 Å². The normalized spacial score (nSPS) is 22.1. The topological polar surface area (TPSA) is 91.4 Å². The third-order valence-corrected chi connectivity index (χ3v) is 7.04. The van der Waals surface area contributed by atoms with Gasteiger partial charge in [-0.3, -0.25) is 24.2 Å². The summed E-state index contributed by atoms with van der Waals surface area (Å²) < 4.78 is 11.6. The van der Waals surface area contributed by atoms with Gasteiger partial charge in [0.15, 0.2) is 11.5 Å². The molecule has 1 fully saturated rings. The lowest BCUT2D eigenvalue weighted by molar-refractivity contribution is -0.143. The van der Waals surface area contributed by atoms with Crippen LogP contribution in [-0.4, -0.2) is 78.0 Å². The summed E-state index contributed by atoms with van der Waals surface area (Å²) in [4.78, 5) is 44.9. The van der Waals surface area contributed by atoms with Crippen molar-refractivity contribution in [2.45, 2.75) is 38.5 Å². The smallest absolute Gasteiger partial charge is 0.267 e. The van der Waals surface area contributed by atoms with Crippen LogP contribution in [0.25, 0.3) is 0 Å². The summed E-state index contributed by atoms with van der Waals surface area (Å²) in [7, 11) is 0. The molecule has 184 valence electrons. The molecule has 0 radical (unpaired) electrons. The van der Waals surface area contributed by atoms with Gasteiger partial charge in [-0.2, -0.15) is 0 Å². The number of carbonyl (C=O) groups is 3. The van der Waals surface area contributed by atoms with Crippen LogP contribution in [0.3, 0.4) is 0 Å². The Bertz CT molecular complexity index is 1160. The number of ether oxygens (including phenoxy) is 2. The van der Waals surface area contributed by atoms with Gasteiger partial charge in [-0.15, -0.1) is 0 Å². The zero-order valence-electron chi connectivity index (χ0n) is 20.2. The number of benzene rings is 2. The first kappa shape index (κ1) is 23.2. The second kappa shape index (κ2) is 8.88. The number of carbonyl (C=O) groups excluding carboxylic acids is 3. The molecule has 0 aliphatic carbocycles. The highest BCUT2D eigenvalue weighted by atomic mass is 16.6. The minimum Gasteiger partial charge on any atom is -0.485 e. The first-order chi connectivity index (χ1) is 16.8. The Hall–Kier alpha value is -3.59. The Morgan fingerprint density at radius 1 is 1.00 bits per heavy atom. The highest BCUT2D eigenvalue weighted by Crippen LogP contribution is 2.37. The zero-order valence-corrected chi connectivity index (χ0v) is 20.2. The largest absolute Gasteiger partial charge is 0.485 e. The molecule has 3 amide bonds. The van der Waals surface area contributed by atoms with Crippen LogP contribution in [0.1, 0.15) is 20.8 Å². The third-order valence-electron chi connectivity index (χ3n) is 7.04. The number of nitrogens with zero attached hydrogens (tertiary/aromatic N) is 3. The van der Waals surface area contributed by atoms with Gasteiger partial charge in [0, 0.05) is 26.2 Å². The fourth-order valence-electron chi connectivity index (χ4n) is 4.86. The van der Waals surface area contributed by atoms with Crippen LogP contribution in [-0.2, 0) is 14.4 Å². The molecular formula is C26H30N4O5. The lowest BCUT2D eigenvalue weighted by atomic mass is 9.95. The van der Waals surface area contributed by atoms with Crippen molar-refractivity contribution in [3.63, 3.8) is 0 Å². The number of rotatable bonds is 3. The van der Waals surface area contributed by atoms with E-state index in [-0.39, 0.29) is 24.3 Å². The van der Waals surface area contributed by atoms with Crippen LogP contribution in [0.5, 0.6) is 11.5 Å². The molecule has 0 bridgehead atoms. The summed E-state index contributed by atoms with van der Waals surface area (Å²) in [6.07, 6.45) is -0.681. The number of hydrogen-bond donors (Lipinski definition) is 1. The number of para-hydroxylation sites is 4. The quantitative estimate of drug-likeness (QED) is 0.727. The molecule has 1 saturated heterocycles. The molecule has 2 atom stereocenters. The van der Waals surface area contributed by atoms with Crippen LogP contribution in [0.4, 0.5) is 11.4 Å². The Labute approximate surface area is 204 Å². The molecule has 9 nitrogen and oxygen atoms in total. The summed E-state index contributed by atoms with van der Waals surface area (Å²) in [5, 5.41) is 2.90. The van der Waals surface area contributed by atoms with Gasteiger partial charge < -0.3 is 19.7 Å². The second-order valence-electron chi connectivity index (χ2n) is 9.61. The van der Waals surface area contributed by atoms with Crippen molar-refractivity contribution >= 4 is 29.1 Å². The van der Waals surface area contributed by atoms with E-state index in [0.29, 0.717) is 49.1 Å². The van der Waals surface area contributed by atoms with Gasteiger partial charge in [0.05, 0.1) is 17.4 Å². The first-order valence-electron chi connectivity index (χ1n) is 11.9. The Morgan fingerprint density at radius 3 is 2.40 bits per heavy atom. The Kier molecular flexibility index (Phi) is 5.88. The SMILES string of the molecule is C[C@H](C(=O)N1c2ccccc2NC(=O)C1(C)C)N1CCN(C(=O)[C@@H]2COc3ccccc3O2)CC1. The van der Waals surface area contributed by atoms with Crippen molar-refractivity contribution in [1.82, 2.24) is 9.80 Å². The maximum Gasteiger partial charge on any atom is 0.267 e. The van der Waals surface area contributed by atoms with Crippen LogP contribution in [0.15, 0.2) is 48.5 Å². The minimum atomic E-state index is -1.02. The molecule has 3 aliphatic heterocycles. The average molecular weight is 479 g/mol. The molecule has 0 aromatic heterocycles. The van der Waals surface area contributed by atoms with E-state index in [1.54, 1.807) is 35.8 Å². The number of amides is 3. The maximum atomic E-state index is 13.7. The van der Waals surface area contributed by atoms with Crippen molar-refractivity contribution in [1.29, 1.82) is 0 Å². The van der Waals surface area contributed by atoms with Gasteiger partial charge in [0.1, 0.15) is 12.1 Å². The maximum absolute atomic E-state index is 13.7. The monoisotopic (exact) mass is 478 g/mol. The van der Waals surface area contributed by atoms with Crippen molar-refractivity contribution in [2.75, 3.05) is 43.0 Å². The van der Waals surface area contributed by atoms with Crippen molar-refractivity contribution in [3.8, 4) is 11.5 Å². The number of fused-ring (bicyclic) bond motifs is 2. The summed E-state index contributed by atoms with van der Waals surface area (Å²) >= 11 is 0. The molecule has 0 unspecified atom stereocenters. The van der Waals surface area contributed by atoms with Crippen molar-refractivity contribution in [2.24, 2.45) is 0 Å². The van der Waals surface area contributed by atoms with E-state index in [9.17, 15) is 14.4 Å². The Balaban J connectivity index is 1.24. The van der Waals surface area contributed by atoms with Gasteiger partial charge in [-0.1, -0.05) is 24.3 Å². The standard InChI is InChI=1S/C26H30N4O5/c1-17(23(31)30-19-9-5-4-8-18(19)27-25(33)26(30,2)3)28-12-14-29(15-13-28)24(32)22-16-34-20-10-6-7-11-21(20)35-22/h4-11,17,22H,12-16H2,1-3H3,(H,27,33)/t17-,22+/m1/s1. The molecule has 3 heterocycles. The molecule has 3 aliphatic rings. The van der Waals surface area contributed by atoms with Crippen molar-refractivity contribution in [3.05, 3.63) is 48.5 Å². The van der Waals surface area contributed by atoms with E-state index < -0.39 is 17.7 Å². The van der Waals surface area contributed by atoms with Crippen LogP contribution in [0, 0.1) is 0 Å². The minimum absolute atomic E-state index is 0.110. The molecule has 35 heavy (non-hydrogen) atoms. The van der Waals surface area contributed by atoms with Gasteiger partial charge in [0.25, 0.3) is 5.91 Å². The van der Waals surface area contributed by atoms with Gasteiger partial charge in [0.2, 0.25) is 17.9 Å². The summed E-state index contributed by atoms with van der Waals surface area (Å²) in [6, 6.07) is 14.2. The molecule has 0 saturated carbocycles. The summed E-state index contributed by atoms with van der Waals surface area (Å²) in [5.74, 6) is 0.745. The van der Waals surface area contributed by atoms with Crippen LogP contribution in [0.2, 0.25) is 0 Å². The highest BCUT2D eigenvalue weighted by Gasteiger charge is 2.46. The van der Waals surface area contributed by atoms with E-state index in [2.05, 4.69) is 10.2 Å². The van der Waals surface area contributed by atoms with Gasteiger partial charge in [-0.25, -0.2) is 0 Å². The average Bonchev–Trinajstić information content (AvgIpc) is 2.88. The van der Waals surface area contributed by atoms with Crippen LogP contribution < -0.4 is 19.7 Å². The van der Waals surface area contributed by atoms with Crippen molar-refractivity contribution < 1.29 is 23.9 Å². The molecule has 5 rings (SSSR count). The number of nitrogens with one attached hydrogen (secondary N) is 1. The van der Waals surface area contributed by atoms with Gasteiger partial charge >= 0.3 is 0 Å². The van der Waals surface area contributed by atoms with E-state index >= 15 is 0 Å². The fraction of sp³-hybridized carbons (Fsp3) is 0.423. The molecule has 1 N–H and O–H groups in total. The number of hydrogen-bond acceptors (Lipinski definition) is 6. The zero-order chi connectivity index (χ0) is 24.7. The molecule has 0 spiro atoms. The second-order valence-corrected chi connectivity index (χ2v) is 9.61. The predicted octanol–water partition coefficient (Wildman–Crippen LogP) is 2.12. The van der Waals surface area contributed by atoms with Gasteiger partial charge in [-0.05, 0) is 45.0 Å². The first-order valence-corrected chi connectivity index (χ1v) is 11.9. The number of anilines is 2.